The highest BCUT2D eigenvalue weighted by molar-refractivity contribution is 6.35. The number of ketones is 1. The molecule has 2 nitrogen and oxygen atoms in total. The number of carbonyl (C=O) groups excluding carboxylic acids is 1. The summed E-state index contributed by atoms with van der Waals surface area (Å²) in [6, 6.07) is 7.83. The van der Waals surface area contributed by atoms with Crippen LogP contribution in [0.4, 0.5) is 8.78 Å². The van der Waals surface area contributed by atoms with E-state index in [1.54, 1.807) is 12.1 Å². The van der Waals surface area contributed by atoms with E-state index in [0.29, 0.717) is 11.3 Å². The average molecular weight is 283 g/mol. The molecule has 0 aromatic heterocycles. The average Bonchev–Trinajstić information content (AvgIpc) is 2.42. The van der Waals surface area contributed by atoms with Crippen LogP contribution in [0, 0.1) is 11.6 Å². The molecule has 5 heteroatoms. The molecule has 0 amide bonds. The lowest BCUT2D eigenvalue weighted by atomic mass is 10.0. The lowest BCUT2D eigenvalue weighted by molar-refractivity contribution is 0.103. The van der Waals surface area contributed by atoms with Gasteiger partial charge in [0, 0.05) is 11.1 Å². The summed E-state index contributed by atoms with van der Waals surface area (Å²) in [5.74, 6) is -2.09. The van der Waals surface area contributed by atoms with Gasteiger partial charge in [-0.3, -0.25) is 4.79 Å². The highest BCUT2D eigenvalue weighted by Crippen LogP contribution is 2.23. The summed E-state index contributed by atoms with van der Waals surface area (Å²) in [7, 11) is 1.50. The van der Waals surface area contributed by atoms with Gasteiger partial charge in [0.25, 0.3) is 0 Å². The topological polar surface area (TPSA) is 26.3 Å². The fourth-order valence-electron chi connectivity index (χ4n) is 1.59. The first-order valence-electron chi connectivity index (χ1n) is 5.36. The minimum absolute atomic E-state index is 0.0780. The van der Waals surface area contributed by atoms with Crippen LogP contribution in [0.1, 0.15) is 15.9 Å². The second-order valence-corrected chi connectivity index (χ2v) is 4.21. The quantitative estimate of drug-likeness (QED) is 0.631. The van der Waals surface area contributed by atoms with Crippen molar-refractivity contribution >= 4 is 17.4 Å². The van der Waals surface area contributed by atoms with Crippen molar-refractivity contribution < 1.29 is 18.3 Å². The Labute approximate surface area is 113 Å². The third-order valence-corrected chi connectivity index (χ3v) is 2.92. The van der Waals surface area contributed by atoms with Gasteiger partial charge in [0.05, 0.1) is 12.1 Å². The van der Waals surface area contributed by atoms with Gasteiger partial charge in [0.2, 0.25) is 0 Å². The normalized spacial score (nSPS) is 10.3. The van der Waals surface area contributed by atoms with Crippen molar-refractivity contribution in [1.82, 2.24) is 0 Å². The van der Waals surface area contributed by atoms with Gasteiger partial charge in [-0.05, 0) is 36.4 Å². The van der Waals surface area contributed by atoms with Gasteiger partial charge in [0.15, 0.2) is 17.4 Å². The molecule has 0 bridgehead atoms. The summed E-state index contributed by atoms with van der Waals surface area (Å²) in [4.78, 5) is 12.1. The number of ether oxygens (including phenoxy) is 1. The van der Waals surface area contributed by atoms with Crippen molar-refractivity contribution in [2.75, 3.05) is 7.11 Å². The summed E-state index contributed by atoms with van der Waals surface area (Å²) in [5.41, 5.74) is 0.236. The molecule has 2 aromatic rings. The number of hydrogen-bond donors (Lipinski definition) is 0. The predicted octanol–water partition coefficient (Wildman–Crippen LogP) is 3.86. The Morgan fingerprint density at radius 2 is 1.68 bits per heavy atom. The Balaban J connectivity index is 2.40. The monoisotopic (exact) mass is 282 g/mol. The zero-order valence-electron chi connectivity index (χ0n) is 9.91. The molecule has 0 aliphatic heterocycles. The number of hydrogen-bond acceptors (Lipinski definition) is 2. The van der Waals surface area contributed by atoms with Crippen LogP contribution in [0.5, 0.6) is 5.75 Å². The molecule has 0 N–H and O–H groups in total. The molecular weight excluding hydrogens is 274 g/mol. The van der Waals surface area contributed by atoms with E-state index >= 15 is 0 Å². The van der Waals surface area contributed by atoms with E-state index in [4.69, 9.17) is 16.3 Å². The molecule has 0 saturated heterocycles. The number of rotatable bonds is 3. The molecule has 0 fully saturated rings. The molecule has 0 unspecified atom stereocenters. The molecule has 2 aromatic carbocycles. The van der Waals surface area contributed by atoms with Gasteiger partial charge >= 0.3 is 0 Å². The van der Waals surface area contributed by atoms with Crippen LogP contribution in [0.2, 0.25) is 5.02 Å². The van der Waals surface area contributed by atoms with Crippen LogP contribution in [-0.2, 0) is 0 Å². The van der Waals surface area contributed by atoms with E-state index in [0.717, 1.165) is 12.1 Å². The van der Waals surface area contributed by atoms with Crippen LogP contribution < -0.4 is 4.74 Å². The first-order chi connectivity index (χ1) is 9.02. The van der Waals surface area contributed by atoms with Crippen molar-refractivity contribution in [3.8, 4) is 5.75 Å². The number of benzene rings is 2. The van der Waals surface area contributed by atoms with Crippen LogP contribution in [0.15, 0.2) is 36.4 Å². The van der Waals surface area contributed by atoms with Crippen LogP contribution in [0.25, 0.3) is 0 Å². The molecule has 0 spiro atoms. The predicted molar refractivity (Wildman–Crippen MR) is 67.8 cm³/mol. The van der Waals surface area contributed by atoms with Crippen molar-refractivity contribution in [3.05, 3.63) is 64.2 Å². The molecule has 0 aliphatic rings. The van der Waals surface area contributed by atoms with Gasteiger partial charge in [-0.15, -0.1) is 0 Å². The zero-order chi connectivity index (χ0) is 14.0. The highest BCUT2D eigenvalue weighted by Gasteiger charge is 2.16. The smallest absolute Gasteiger partial charge is 0.194 e. The van der Waals surface area contributed by atoms with Crippen molar-refractivity contribution in [2.24, 2.45) is 0 Å². The van der Waals surface area contributed by atoms with E-state index < -0.39 is 17.4 Å². The molecular formula is C14H9ClF2O2. The lowest BCUT2D eigenvalue weighted by Gasteiger charge is -2.06. The fraction of sp³-hybridized carbons (Fsp3) is 0.0714. The van der Waals surface area contributed by atoms with E-state index in [1.165, 1.54) is 19.2 Å². The maximum atomic E-state index is 13.1. The van der Waals surface area contributed by atoms with Gasteiger partial charge in [-0.25, -0.2) is 8.78 Å². The Bertz CT molecular complexity index is 624. The lowest BCUT2D eigenvalue weighted by Crippen LogP contribution is -2.04. The molecule has 98 valence electrons. The van der Waals surface area contributed by atoms with Gasteiger partial charge in [0.1, 0.15) is 5.75 Å². The third-order valence-electron chi connectivity index (χ3n) is 2.61. The van der Waals surface area contributed by atoms with E-state index in [2.05, 4.69) is 0 Å². The van der Waals surface area contributed by atoms with Crippen LogP contribution >= 0.6 is 11.6 Å². The Morgan fingerprint density at radius 3 is 2.26 bits per heavy atom. The van der Waals surface area contributed by atoms with Crippen LogP contribution in [-0.4, -0.2) is 12.9 Å². The summed E-state index contributed by atoms with van der Waals surface area (Å²) in [6.07, 6.45) is 0. The standard InChI is InChI=1S/C14H9ClF2O2/c1-19-9-4-2-8(3-5-9)14(18)10-6-12(16)13(17)7-11(10)15/h2-7H,1H3. The molecule has 0 saturated carbocycles. The Morgan fingerprint density at radius 1 is 1.11 bits per heavy atom. The highest BCUT2D eigenvalue weighted by atomic mass is 35.5. The summed E-state index contributed by atoms with van der Waals surface area (Å²) in [6.45, 7) is 0. The van der Waals surface area contributed by atoms with E-state index in [9.17, 15) is 13.6 Å². The second kappa shape index (κ2) is 5.36. The Hall–Kier alpha value is -1.94. The minimum atomic E-state index is -1.11. The third kappa shape index (κ3) is 2.74. The SMILES string of the molecule is COc1ccc(C(=O)c2cc(F)c(F)cc2Cl)cc1. The molecule has 0 aliphatic carbocycles. The maximum Gasteiger partial charge on any atom is 0.194 e. The first kappa shape index (κ1) is 13.5. The number of halogens is 3. The Kier molecular flexibility index (Phi) is 3.81. The van der Waals surface area contributed by atoms with E-state index in [-0.39, 0.29) is 10.6 Å². The molecule has 0 atom stereocenters. The van der Waals surface area contributed by atoms with Crippen molar-refractivity contribution in [3.63, 3.8) is 0 Å². The first-order valence-corrected chi connectivity index (χ1v) is 5.74. The maximum absolute atomic E-state index is 13.1. The van der Waals surface area contributed by atoms with Crippen molar-refractivity contribution in [2.45, 2.75) is 0 Å². The van der Waals surface area contributed by atoms with Gasteiger partial charge < -0.3 is 4.74 Å². The van der Waals surface area contributed by atoms with E-state index in [1.807, 2.05) is 0 Å². The molecule has 0 heterocycles. The minimum Gasteiger partial charge on any atom is -0.497 e. The second-order valence-electron chi connectivity index (χ2n) is 3.80. The number of carbonyl (C=O) groups is 1. The molecule has 19 heavy (non-hydrogen) atoms. The summed E-state index contributed by atoms with van der Waals surface area (Å²) < 4.78 is 31.1. The van der Waals surface area contributed by atoms with Gasteiger partial charge in [-0.1, -0.05) is 11.6 Å². The van der Waals surface area contributed by atoms with Crippen LogP contribution in [0.3, 0.4) is 0 Å². The summed E-state index contributed by atoms with van der Waals surface area (Å²) >= 11 is 5.75. The zero-order valence-corrected chi connectivity index (χ0v) is 10.7. The molecule has 0 radical (unpaired) electrons. The van der Waals surface area contributed by atoms with Gasteiger partial charge in [-0.2, -0.15) is 0 Å². The largest absolute Gasteiger partial charge is 0.497 e. The summed E-state index contributed by atoms with van der Waals surface area (Å²) in [5, 5.41) is -0.125. The molecule has 2 rings (SSSR count). The van der Waals surface area contributed by atoms with Crippen molar-refractivity contribution in [1.29, 1.82) is 0 Å². The number of methoxy groups -OCH3 is 1. The fourth-order valence-corrected chi connectivity index (χ4v) is 1.83.